The molecule has 1 amide bonds. The monoisotopic (exact) mass is 485 g/mol. The first kappa shape index (κ1) is 26.0. The molecule has 1 aromatic carbocycles. The van der Waals surface area contributed by atoms with Crippen molar-refractivity contribution in [1.82, 2.24) is 25.4 Å². The molecule has 0 fully saturated rings. The average Bonchev–Trinajstić information content (AvgIpc) is 3.36. The van der Waals surface area contributed by atoms with Gasteiger partial charge in [-0.15, -0.1) is 0 Å². The van der Waals surface area contributed by atoms with Crippen LogP contribution in [-0.2, 0) is 17.6 Å². The Bertz CT molecular complexity index is 1150. The molecule has 1 atom stereocenters. The second-order valence-electron chi connectivity index (χ2n) is 7.97. The molecule has 0 aliphatic carbocycles. The van der Waals surface area contributed by atoms with E-state index in [0.717, 1.165) is 35.2 Å². The molecule has 188 valence electrons. The second kappa shape index (κ2) is 12.2. The highest BCUT2D eigenvalue weighted by Crippen LogP contribution is 2.31. The maximum Gasteiger partial charge on any atom is 0.317 e. The summed E-state index contributed by atoms with van der Waals surface area (Å²) < 4.78 is 16.6. The summed E-state index contributed by atoms with van der Waals surface area (Å²) in [5.41, 5.74) is 3.83. The van der Waals surface area contributed by atoms with Crippen molar-refractivity contribution in [1.29, 1.82) is 0 Å². The minimum Gasteiger partial charge on any atom is -0.490 e. The van der Waals surface area contributed by atoms with Gasteiger partial charge in [0.2, 0.25) is 11.7 Å². The number of carbonyl (C=O) groups excluding carboxylic acids is 1. The van der Waals surface area contributed by atoms with E-state index in [4.69, 9.17) is 19.1 Å². The van der Waals surface area contributed by atoms with Gasteiger partial charge in [-0.2, -0.15) is 9.97 Å². The first-order valence-corrected chi connectivity index (χ1v) is 11.5. The van der Waals surface area contributed by atoms with Crippen LogP contribution < -0.4 is 14.8 Å². The lowest BCUT2D eigenvalue weighted by atomic mass is 10.0. The number of aryl methyl sites for hydroxylation is 3. The van der Waals surface area contributed by atoms with Gasteiger partial charge in [-0.05, 0) is 49.1 Å². The molecule has 0 saturated carbocycles. The molecular formula is C24H31N5O6. The third-order valence-corrected chi connectivity index (χ3v) is 5.18. The van der Waals surface area contributed by atoms with E-state index in [-0.39, 0.29) is 25.1 Å². The van der Waals surface area contributed by atoms with Crippen LogP contribution >= 0.6 is 0 Å². The van der Waals surface area contributed by atoms with Crippen molar-refractivity contribution in [3.05, 3.63) is 35.0 Å². The molecule has 0 radical (unpaired) electrons. The summed E-state index contributed by atoms with van der Waals surface area (Å²) in [6.45, 7) is 5.30. The predicted octanol–water partition coefficient (Wildman–Crippen LogP) is 1.87. The first-order valence-electron chi connectivity index (χ1n) is 11.5. The van der Waals surface area contributed by atoms with Gasteiger partial charge < -0.3 is 29.5 Å². The van der Waals surface area contributed by atoms with Crippen molar-refractivity contribution in [2.45, 2.75) is 46.1 Å². The molecule has 2 heterocycles. The normalized spacial score (nSPS) is 11.8. The lowest BCUT2D eigenvalue weighted by Gasteiger charge is -2.17. The van der Waals surface area contributed by atoms with Crippen molar-refractivity contribution in [2.24, 2.45) is 0 Å². The fourth-order valence-corrected chi connectivity index (χ4v) is 3.47. The minimum atomic E-state index is -0.920. The summed E-state index contributed by atoms with van der Waals surface area (Å²) in [6, 6.07) is 5.86. The minimum absolute atomic E-state index is 0.0130. The summed E-state index contributed by atoms with van der Waals surface area (Å²) in [6.07, 6.45) is 1.46. The number of aliphatic hydroxyl groups is 2. The molecule has 11 heteroatoms. The van der Waals surface area contributed by atoms with Gasteiger partial charge in [0.15, 0.2) is 0 Å². The third kappa shape index (κ3) is 6.74. The fraction of sp³-hybridized carbons (Fsp3) is 0.458. The molecular weight excluding hydrogens is 454 g/mol. The number of amides is 1. The van der Waals surface area contributed by atoms with Crippen LogP contribution in [0.1, 0.15) is 37.1 Å². The molecule has 3 N–H and O–H groups in total. The Labute approximate surface area is 203 Å². The molecule has 0 aliphatic heterocycles. The van der Waals surface area contributed by atoms with E-state index in [2.05, 4.69) is 32.3 Å². The van der Waals surface area contributed by atoms with Crippen LogP contribution in [0.25, 0.3) is 23.0 Å². The highest BCUT2D eigenvalue weighted by Gasteiger charge is 2.18. The number of methoxy groups -OCH3 is 1. The topological polar surface area (TPSA) is 153 Å². The highest BCUT2D eigenvalue weighted by molar-refractivity contribution is 5.76. The molecule has 2 aromatic heterocycles. The van der Waals surface area contributed by atoms with Gasteiger partial charge in [0.1, 0.15) is 30.8 Å². The summed E-state index contributed by atoms with van der Waals surface area (Å²) in [7, 11) is 1.51. The lowest BCUT2D eigenvalue weighted by molar-refractivity contribution is -0.124. The number of benzene rings is 1. The number of rotatable bonds is 12. The molecule has 35 heavy (non-hydrogen) atoms. The molecule has 3 rings (SSSR count). The van der Waals surface area contributed by atoms with E-state index in [1.165, 1.54) is 7.11 Å². The zero-order valence-electron chi connectivity index (χ0n) is 20.4. The molecule has 0 saturated heterocycles. The number of aromatic nitrogens is 4. The van der Waals surface area contributed by atoms with Crippen LogP contribution in [0.2, 0.25) is 0 Å². The SMILES string of the molecule is CCCc1cc(-c2nc(-c3cc(C)c(OC[C@@H](O)CNC(=O)CO)c(CC)c3)no2)nc(OC)n1. The molecule has 3 aromatic rings. The van der Waals surface area contributed by atoms with Crippen molar-refractivity contribution in [3.8, 4) is 34.7 Å². The number of hydrogen-bond donors (Lipinski definition) is 3. The van der Waals surface area contributed by atoms with Crippen molar-refractivity contribution < 1.29 is 29.0 Å². The molecule has 0 bridgehead atoms. The Morgan fingerprint density at radius 2 is 2.00 bits per heavy atom. The Morgan fingerprint density at radius 3 is 2.69 bits per heavy atom. The second-order valence-corrected chi connectivity index (χ2v) is 7.97. The fourth-order valence-electron chi connectivity index (χ4n) is 3.47. The Balaban J connectivity index is 1.80. The zero-order chi connectivity index (χ0) is 25.4. The number of ether oxygens (including phenoxy) is 2. The van der Waals surface area contributed by atoms with Crippen molar-refractivity contribution >= 4 is 5.91 Å². The average molecular weight is 486 g/mol. The predicted molar refractivity (Wildman–Crippen MR) is 127 cm³/mol. The number of carbonyl (C=O) groups is 1. The van der Waals surface area contributed by atoms with Gasteiger partial charge in [-0.1, -0.05) is 25.4 Å². The quantitative estimate of drug-likeness (QED) is 0.346. The summed E-state index contributed by atoms with van der Waals surface area (Å²) in [5.74, 6) is 0.769. The van der Waals surface area contributed by atoms with Crippen molar-refractivity contribution in [2.75, 3.05) is 26.9 Å². The molecule has 0 spiro atoms. The third-order valence-electron chi connectivity index (χ3n) is 5.18. The largest absolute Gasteiger partial charge is 0.490 e. The number of nitrogens with one attached hydrogen (secondary N) is 1. The Kier molecular flexibility index (Phi) is 9.10. The number of aliphatic hydroxyl groups excluding tert-OH is 2. The van der Waals surface area contributed by atoms with Crippen LogP contribution in [0.15, 0.2) is 22.7 Å². The summed E-state index contributed by atoms with van der Waals surface area (Å²) in [5, 5.41) is 25.4. The van der Waals surface area contributed by atoms with E-state index in [9.17, 15) is 9.90 Å². The Morgan fingerprint density at radius 1 is 1.20 bits per heavy atom. The highest BCUT2D eigenvalue weighted by atomic mass is 16.5. The first-order chi connectivity index (χ1) is 16.9. The van der Waals surface area contributed by atoms with E-state index in [1.807, 2.05) is 32.0 Å². The maximum atomic E-state index is 11.1. The standard InChI is InChI=1S/C24H31N5O6/c1-5-7-17-10-19(27-24(26-17)33-4)23-28-22(29-35-23)16-8-14(3)21(15(6-2)9-16)34-13-18(31)11-25-20(32)12-30/h8-10,18,30-31H,5-7,11-13H2,1-4H3,(H,25,32)/t18-/m0/s1. The van der Waals surface area contributed by atoms with Crippen LogP contribution in [0.3, 0.4) is 0 Å². The van der Waals surface area contributed by atoms with Gasteiger partial charge >= 0.3 is 6.01 Å². The van der Waals surface area contributed by atoms with Crippen LogP contribution in [-0.4, -0.2) is 69.2 Å². The summed E-state index contributed by atoms with van der Waals surface area (Å²) in [4.78, 5) is 24.4. The van der Waals surface area contributed by atoms with Gasteiger partial charge in [-0.3, -0.25) is 4.79 Å². The Hall–Kier alpha value is -3.57. The number of nitrogens with zero attached hydrogens (tertiary/aromatic N) is 4. The van der Waals surface area contributed by atoms with Crippen LogP contribution in [0.4, 0.5) is 0 Å². The van der Waals surface area contributed by atoms with E-state index >= 15 is 0 Å². The van der Waals surface area contributed by atoms with Crippen LogP contribution in [0, 0.1) is 6.92 Å². The van der Waals surface area contributed by atoms with Gasteiger partial charge in [0.05, 0.1) is 7.11 Å². The molecule has 0 aliphatic rings. The summed E-state index contributed by atoms with van der Waals surface area (Å²) >= 11 is 0. The van der Waals surface area contributed by atoms with E-state index in [1.54, 1.807) is 0 Å². The van der Waals surface area contributed by atoms with E-state index < -0.39 is 18.6 Å². The maximum absolute atomic E-state index is 11.1. The smallest absolute Gasteiger partial charge is 0.317 e. The van der Waals surface area contributed by atoms with E-state index in [0.29, 0.717) is 23.7 Å². The number of hydrogen-bond acceptors (Lipinski definition) is 10. The van der Waals surface area contributed by atoms with Crippen LogP contribution in [0.5, 0.6) is 11.8 Å². The molecule has 11 nitrogen and oxygen atoms in total. The molecule has 0 unspecified atom stereocenters. The van der Waals surface area contributed by atoms with Gasteiger partial charge in [0.25, 0.3) is 5.89 Å². The van der Waals surface area contributed by atoms with Gasteiger partial charge in [0, 0.05) is 17.8 Å². The van der Waals surface area contributed by atoms with Gasteiger partial charge in [-0.25, -0.2) is 4.98 Å². The van der Waals surface area contributed by atoms with Crippen molar-refractivity contribution in [3.63, 3.8) is 0 Å². The lowest BCUT2D eigenvalue weighted by Crippen LogP contribution is -2.36. The zero-order valence-corrected chi connectivity index (χ0v) is 20.4.